The van der Waals surface area contributed by atoms with Crippen molar-refractivity contribution in [2.75, 3.05) is 18.2 Å². The summed E-state index contributed by atoms with van der Waals surface area (Å²) >= 11 is 4.28. The zero-order valence-electron chi connectivity index (χ0n) is 10.4. The van der Waals surface area contributed by atoms with E-state index in [9.17, 15) is 4.21 Å². The standard InChI is InChI=1S/C12H25ClO2S/c1-2-3-4-5-6-7-8-9-11-15-16(14)12-10-13/h2-12H2,1H3. The van der Waals surface area contributed by atoms with Crippen LogP contribution >= 0.6 is 11.6 Å². The van der Waals surface area contributed by atoms with Gasteiger partial charge >= 0.3 is 0 Å². The number of rotatable bonds is 12. The molecule has 0 bridgehead atoms. The van der Waals surface area contributed by atoms with Crippen molar-refractivity contribution in [2.45, 2.75) is 58.3 Å². The fourth-order valence-electron chi connectivity index (χ4n) is 1.51. The second-order valence-electron chi connectivity index (χ2n) is 3.99. The quantitative estimate of drug-likeness (QED) is 0.394. The molecule has 0 amide bonds. The predicted molar refractivity (Wildman–Crippen MR) is 72.3 cm³/mol. The predicted octanol–water partition coefficient (Wildman–Crippen LogP) is 4.05. The third kappa shape index (κ3) is 12.5. The SMILES string of the molecule is CCCCCCCCCCOS(=O)CCCl. The highest BCUT2D eigenvalue weighted by molar-refractivity contribution is 7.80. The van der Waals surface area contributed by atoms with Crippen LogP contribution in [0, 0.1) is 0 Å². The van der Waals surface area contributed by atoms with Gasteiger partial charge in [-0.15, -0.1) is 11.6 Å². The Labute approximate surface area is 108 Å². The lowest BCUT2D eigenvalue weighted by molar-refractivity contribution is 0.332. The van der Waals surface area contributed by atoms with Crippen molar-refractivity contribution in [3.05, 3.63) is 0 Å². The zero-order valence-corrected chi connectivity index (χ0v) is 12.0. The van der Waals surface area contributed by atoms with E-state index in [4.69, 9.17) is 15.8 Å². The van der Waals surface area contributed by atoms with Crippen LogP contribution in [-0.2, 0) is 15.3 Å². The van der Waals surface area contributed by atoms with E-state index in [0.717, 1.165) is 6.42 Å². The molecule has 0 N–H and O–H groups in total. The van der Waals surface area contributed by atoms with Gasteiger partial charge in [0.15, 0.2) is 11.1 Å². The van der Waals surface area contributed by atoms with Gasteiger partial charge in [0.25, 0.3) is 0 Å². The Bertz CT molecular complexity index is 165. The topological polar surface area (TPSA) is 26.3 Å². The zero-order chi connectivity index (χ0) is 12.1. The molecule has 0 rings (SSSR count). The molecule has 4 heteroatoms. The van der Waals surface area contributed by atoms with Crippen molar-refractivity contribution in [1.82, 2.24) is 0 Å². The van der Waals surface area contributed by atoms with Crippen molar-refractivity contribution >= 4 is 22.7 Å². The lowest BCUT2D eigenvalue weighted by Crippen LogP contribution is -2.04. The first-order valence-corrected chi connectivity index (χ1v) is 8.16. The van der Waals surface area contributed by atoms with Crippen molar-refractivity contribution in [1.29, 1.82) is 0 Å². The summed E-state index contributed by atoms with van der Waals surface area (Å²) in [6, 6.07) is 0. The molecule has 0 saturated carbocycles. The van der Waals surface area contributed by atoms with E-state index in [0.29, 0.717) is 18.2 Å². The molecule has 2 nitrogen and oxygen atoms in total. The summed E-state index contributed by atoms with van der Waals surface area (Å²) in [7, 11) is 0. The van der Waals surface area contributed by atoms with E-state index >= 15 is 0 Å². The average Bonchev–Trinajstić information content (AvgIpc) is 2.27. The molecule has 0 aromatic heterocycles. The van der Waals surface area contributed by atoms with Crippen molar-refractivity contribution < 1.29 is 8.39 Å². The van der Waals surface area contributed by atoms with E-state index < -0.39 is 11.1 Å². The Morgan fingerprint density at radius 2 is 1.56 bits per heavy atom. The van der Waals surface area contributed by atoms with E-state index in [2.05, 4.69) is 6.92 Å². The van der Waals surface area contributed by atoms with Gasteiger partial charge in [-0.25, -0.2) is 4.21 Å². The molecule has 98 valence electrons. The van der Waals surface area contributed by atoms with Gasteiger partial charge < -0.3 is 0 Å². The Morgan fingerprint density at radius 1 is 1.00 bits per heavy atom. The van der Waals surface area contributed by atoms with Crippen LogP contribution in [0.5, 0.6) is 0 Å². The molecule has 0 aromatic carbocycles. The first-order valence-electron chi connectivity index (χ1n) is 6.39. The van der Waals surface area contributed by atoms with Crippen molar-refractivity contribution in [2.24, 2.45) is 0 Å². The minimum Gasteiger partial charge on any atom is -0.291 e. The lowest BCUT2D eigenvalue weighted by Gasteiger charge is -2.02. The molecule has 0 saturated heterocycles. The minimum absolute atomic E-state index is 0.407. The highest BCUT2D eigenvalue weighted by atomic mass is 35.5. The summed E-state index contributed by atoms with van der Waals surface area (Å²) in [5.41, 5.74) is 0. The van der Waals surface area contributed by atoms with Gasteiger partial charge in [-0.3, -0.25) is 4.18 Å². The summed E-state index contributed by atoms with van der Waals surface area (Å²) in [5, 5.41) is 0. The number of alkyl halides is 1. The van der Waals surface area contributed by atoms with Crippen LogP contribution in [-0.4, -0.2) is 22.4 Å². The van der Waals surface area contributed by atoms with Crippen molar-refractivity contribution in [3.8, 4) is 0 Å². The van der Waals surface area contributed by atoms with Gasteiger partial charge in [0, 0.05) is 5.88 Å². The summed E-state index contributed by atoms with van der Waals surface area (Å²) in [4.78, 5) is 0. The average molecular weight is 269 g/mol. The molecule has 0 aliphatic carbocycles. The van der Waals surface area contributed by atoms with Gasteiger partial charge in [0.1, 0.15) is 0 Å². The molecule has 0 aliphatic rings. The molecule has 1 unspecified atom stereocenters. The Morgan fingerprint density at radius 3 is 2.12 bits per heavy atom. The fourth-order valence-corrected chi connectivity index (χ4v) is 2.44. The number of hydrogen-bond donors (Lipinski definition) is 0. The van der Waals surface area contributed by atoms with E-state index in [1.165, 1.54) is 44.9 Å². The molecular formula is C12H25ClO2S. The van der Waals surface area contributed by atoms with Gasteiger partial charge in [-0.2, -0.15) is 0 Å². The van der Waals surface area contributed by atoms with Gasteiger partial charge in [0.05, 0.1) is 12.4 Å². The van der Waals surface area contributed by atoms with E-state index in [1.54, 1.807) is 0 Å². The highest BCUT2D eigenvalue weighted by Gasteiger charge is 1.98. The molecule has 1 atom stereocenters. The van der Waals surface area contributed by atoms with E-state index in [1.807, 2.05) is 0 Å². The molecule has 0 spiro atoms. The Kier molecular flexibility index (Phi) is 13.8. The van der Waals surface area contributed by atoms with Crippen LogP contribution in [0.25, 0.3) is 0 Å². The van der Waals surface area contributed by atoms with Gasteiger partial charge in [-0.05, 0) is 6.42 Å². The van der Waals surface area contributed by atoms with Gasteiger partial charge in [0.2, 0.25) is 0 Å². The maximum absolute atomic E-state index is 11.1. The Balaban J connectivity index is 3.01. The van der Waals surface area contributed by atoms with Crippen LogP contribution in [0.2, 0.25) is 0 Å². The van der Waals surface area contributed by atoms with Crippen LogP contribution in [0.1, 0.15) is 58.3 Å². The minimum atomic E-state index is -1.16. The normalized spacial score (nSPS) is 12.9. The largest absolute Gasteiger partial charge is 0.291 e. The Hall–Kier alpha value is 0.400. The number of unbranched alkanes of at least 4 members (excludes halogenated alkanes) is 7. The van der Waals surface area contributed by atoms with Crippen LogP contribution in [0.15, 0.2) is 0 Å². The molecule has 0 radical (unpaired) electrons. The maximum Gasteiger partial charge on any atom is 0.156 e. The third-order valence-electron chi connectivity index (χ3n) is 2.46. The van der Waals surface area contributed by atoms with Crippen LogP contribution < -0.4 is 0 Å². The summed E-state index contributed by atoms with van der Waals surface area (Å²) in [6.45, 7) is 2.84. The van der Waals surface area contributed by atoms with Crippen LogP contribution in [0.4, 0.5) is 0 Å². The summed E-state index contributed by atoms with van der Waals surface area (Å²) < 4.78 is 16.2. The molecule has 0 fully saturated rings. The monoisotopic (exact) mass is 268 g/mol. The number of hydrogen-bond acceptors (Lipinski definition) is 2. The second kappa shape index (κ2) is 13.5. The molecule has 16 heavy (non-hydrogen) atoms. The highest BCUT2D eigenvalue weighted by Crippen LogP contribution is 2.08. The smallest absolute Gasteiger partial charge is 0.156 e. The molecular weight excluding hydrogens is 244 g/mol. The first kappa shape index (κ1) is 16.4. The van der Waals surface area contributed by atoms with Gasteiger partial charge in [-0.1, -0.05) is 51.9 Å². The molecule has 0 aromatic rings. The molecule has 0 aliphatic heterocycles. The van der Waals surface area contributed by atoms with E-state index in [-0.39, 0.29) is 0 Å². The van der Waals surface area contributed by atoms with Crippen LogP contribution in [0.3, 0.4) is 0 Å². The number of halogens is 1. The second-order valence-corrected chi connectivity index (χ2v) is 5.62. The molecule has 0 heterocycles. The fraction of sp³-hybridized carbons (Fsp3) is 1.00. The first-order chi connectivity index (χ1) is 7.81. The summed E-state index contributed by atoms with van der Waals surface area (Å²) in [5.74, 6) is 0.850. The maximum atomic E-state index is 11.1. The third-order valence-corrected chi connectivity index (χ3v) is 3.84. The summed E-state index contributed by atoms with van der Waals surface area (Å²) in [6.07, 6.45) is 10.2. The van der Waals surface area contributed by atoms with Crippen molar-refractivity contribution in [3.63, 3.8) is 0 Å². The lowest BCUT2D eigenvalue weighted by atomic mass is 10.1.